The molecule has 2 rings (SSSR count). The standard InChI is InChI=1S/C11H17FN2O2S3/c1-17-11(2-3-11)8-14(4-5-19(12,15)16)7-10-6-13-9-18-10/h6,9H,2-5,7-8H2,1H3. The highest BCUT2D eigenvalue weighted by Crippen LogP contribution is 2.47. The number of rotatable bonds is 8. The van der Waals surface area contributed by atoms with Crippen LogP contribution in [0, 0.1) is 0 Å². The molecule has 1 aromatic rings. The number of halogens is 1. The monoisotopic (exact) mass is 324 g/mol. The predicted octanol–water partition coefficient (Wildman–Crippen LogP) is 2.14. The zero-order valence-corrected chi connectivity index (χ0v) is 13.2. The minimum atomic E-state index is -4.40. The van der Waals surface area contributed by atoms with Crippen molar-refractivity contribution in [1.29, 1.82) is 0 Å². The molecule has 1 aliphatic rings. The SMILES string of the molecule is CSC1(CN(CCS(=O)(=O)F)Cc2cncs2)CC1. The summed E-state index contributed by atoms with van der Waals surface area (Å²) in [4.78, 5) is 7.11. The molecule has 1 aliphatic carbocycles. The van der Waals surface area contributed by atoms with Gasteiger partial charge < -0.3 is 0 Å². The average Bonchev–Trinajstić information content (AvgIpc) is 2.92. The second-order valence-corrected chi connectivity index (χ2v) is 8.54. The second-order valence-electron chi connectivity index (χ2n) is 4.81. The summed E-state index contributed by atoms with van der Waals surface area (Å²) in [5.41, 5.74) is 1.75. The van der Waals surface area contributed by atoms with E-state index in [4.69, 9.17) is 0 Å². The Hall–Kier alpha value is -0.180. The summed E-state index contributed by atoms with van der Waals surface area (Å²) in [6.07, 6.45) is 6.15. The zero-order valence-electron chi connectivity index (χ0n) is 10.7. The number of hydrogen-bond acceptors (Lipinski definition) is 6. The molecular formula is C11H17FN2O2S3. The summed E-state index contributed by atoms with van der Waals surface area (Å²) in [5, 5.41) is 0. The predicted molar refractivity (Wildman–Crippen MR) is 77.8 cm³/mol. The quantitative estimate of drug-likeness (QED) is 0.686. The Morgan fingerprint density at radius 3 is 2.79 bits per heavy atom. The maximum Gasteiger partial charge on any atom is 0.303 e. The van der Waals surface area contributed by atoms with Gasteiger partial charge in [0.1, 0.15) is 0 Å². The highest BCUT2D eigenvalue weighted by Gasteiger charge is 2.43. The molecule has 0 radical (unpaired) electrons. The molecule has 0 N–H and O–H groups in total. The topological polar surface area (TPSA) is 50.3 Å². The summed E-state index contributed by atoms with van der Waals surface area (Å²) >= 11 is 3.35. The van der Waals surface area contributed by atoms with Crippen LogP contribution in [0.3, 0.4) is 0 Å². The highest BCUT2D eigenvalue weighted by molar-refractivity contribution is 8.00. The lowest BCUT2D eigenvalue weighted by molar-refractivity contribution is 0.279. The van der Waals surface area contributed by atoms with Gasteiger partial charge in [0, 0.05) is 35.5 Å². The number of aromatic nitrogens is 1. The van der Waals surface area contributed by atoms with Gasteiger partial charge in [-0.3, -0.25) is 9.88 Å². The van der Waals surface area contributed by atoms with Gasteiger partial charge in [-0.15, -0.1) is 15.2 Å². The molecule has 0 aromatic carbocycles. The fraction of sp³-hybridized carbons (Fsp3) is 0.727. The van der Waals surface area contributed by atoms with E-state index < -0.39 is 16.0 Å². The molecule has 1 saturated carbocycles. The molecule has 1 fully saturated rings. The first kappa shape index (κ1) is 15.2. The molecule has 0 atom stereocenters. The largest absolute Gasteiger partial charge is 0.303 e. The maximum atomic E-state index is 12.7. The van der Waals surface area contributed by atoms with E-state index >= 15 is 0 Å². The molecule has 19 heavy (non-hydrogen) atoms. The third-order valence-electron chi connectivity index (χ3n) is 3.27. The first-order chi connectivity index (χ1) is 8.92. The van der Waals surface area contributed by atoms with Gasteiger partial charge in [0.25, 0.3) is 0 Å². The van der Waals surface area contributed by atoms with Crippen molar-refractivity contribution in [2.24, 2.45) is 0 Å². The highest BCUT2D eigenvalue weighted by atomic mass is 32.3. The zero-order chi connectivity index (χ0) is 13.9. The number of hydrogen-bond donors (Lipinski definition) is 0. The van der Waals surface area contributed by atoms with Crippen LogP contribution in [-0.2, 0) is 16.8 Å². The minimum absolute atomic E-state index is 0.235. The van der Waals surface area contributed by atoms with Crippen molar-refractivity contribution in [2.45, 2.75) is 24.1 Å². The molecule has 0 spiro atoms. The van der Waals surface area contributed by atoms with Crippen molar-refractivity contribution in [3.63, 3.8) is 0 Å². The first-order valence-corrected chi connectivity index (χ1v) is 9.65. The smallest absolute Gasteiger partial charge is 0.296 e. The van der Waals surface area contributed by atoms with E-state index in [1.165, 1.54) is 11.3 Å². The van der Waals surface area contributed by atoms with E-state index in [2.05, 4.69) is 11.2 Å². The van der Waals surface area contributed by atoms with Crippen LogP contribution >= 0.6 is 23.1 Å². The Balaban J connectivity index is 1.96. The van der Waals surface area contributed by atoms with Gasteiger partial charge in [0.15, 0.2) is 0 Å². The van der Waals surface area contributed by atoms with Crippen LogP contribution < -0.4 is 0 Å². The lowest BCUT2D eigenvalue weighted by Crippen LogP contribution is -2.34. The van der Waals surface area contributed by atoms with Crippen LogP contribution in [0.25, 0.3) is 0 Å². The van der Waals surface area contributed by atoms with E-state index in [9.17, 15) is 12.3 Å². The molecule has 4 nitrogen and oxygen atoms in total. The van der Waals surface area contributed by atoms with Gasteiger partial charge in [0.2, 0.25) is 0 Å². The van der Waals surface area contributed by atoms with Crippen LogP contribution in [0.2, 0.25) is 0 Å². The average molecular weight is 324 g/mol. The molecular weight excluding hydrogens is 307 g/mol. The lowest BCUT2D eigenvalue weighted by atomic mass is 10.3. The van der Waals surface area contributed by atoms with Crippen molar-refractivity contribution >= 4 is 33.3 Å². The Morgan fingerprint density at radius 1 is 1.58 bits per heavy atom. The van der Waals surface area contributed by atoms with Gasteiger partial charge in [-0.25, -0.2) is 0 Å². The molecule has 1 heterocycles. The van der Waals surface area contributed by atoms with Crippen molar-refractivity contribution in [3.8, 4) is 0 Å². The molecule has 0 amide bonds. The van der Waals surface area contributed by atoms with Crippen LogP contribution in [0.15, 0.2) is 11.7 Å². The molecule has 1 aromatic heterocycles. The minimum Gasteiger partial charge on any atom is -0.296 e. The summed E-state index contributed by atoms with van der Waals surface area (Å²) in [7, 11) is -4.40. The summed E-state index contributed by atoms with van der Waals surface area (Å²) < 4.78 is 34.3. The third kappa shape index (κ3) is 5.02. The van der Waals surface area contributed by atoms with Crippen LogP contribution in [-0.4, -0.2) is 48.1 Å². The van der Waals surface area contributed by atoms with Gasteiger partial charge in [-0.1, -0.05) is 0 Å². The number of thioether (sulfide) groups is 1. The van der Waals surface area contributed by atoms with Crippen LogP contribution in [0.5, 0.6) is 0 Å². The second kappa shape index (κ2) is 6.07. The molecule has 0 aliphatic heterocycles. The maximum absolute atomic E-state index is 12.7. The van der Waals surface area contributed by atoms with Gasteiger partial charge in [0.05, 0.1) is 11.3 Å². The van der Waals surface area contributed by atoms with Crippen molar-refractivity contribution in [1.82, 2.24) is 9.88 Å². The normalized spacial score (nSPS) is 17.8. The van der Waals surface area contributed by atoms with Crippen molar-refractivity contribution in [3.05, 3.63) is 16.6 Å². The van der Waals surface area contributed by atoms with Gasteiger partial charge in [-0.05, 0) is 19.1 Å². The van der Waals surface area contributed by atoms with Gasteiger partial charge in [-0.2, -0.15) is 20.2 Å². The van der Waals surface area contributed by atoms with Crippen LogP contribution in [0.4, 0.5) is 3.89 Å². The lowest BCUT2D eigenvalue weighted by Gasteiger charge is -2.25. The van der Waals surface area contributed by atoms with Gasteiger partial charge >= 0.3 is 10.2 Å². The molecule has 0 unspecified atom stereocenters. The molecule has 0 saturated heterocycles. The van der Waals surface area contributed by atoms with E-state index in [-0.39, 0.29) is 11.3 Å². The Kier molecular flexibility index (Phi) is 4.86. The summed E-state index contributed by atoms with van der Waals surface area (Å²) in [6.45, 7) is 1.68. The summed E-state index contributed by atoms with van der Waals surface area (Å²) in [6, 6.07) is 0. The van der Waals surface area contributed by atoms with E-state index in [0.717, 1.165) is 24.3 Å². The Morgan fingerprint density at radius 2 is 2.32 bits per heavy atom. The van der Waals surface area contributed by atoms with Crippen molar-refractivity contribution in [2.75, 3.05) is 25.1 Å². The van der Waals surface area contributed by atoms with E-state index in [1.54, 1.807) is 11.7 Å². The fourth-order valence-electron chi connectivity index (χ4n) is 1.97. The van der Waals surface area contributed by atoms with Crippen LogP contribution in [0.1, 0.15) is 17.7 Å². The molecule has 108 valence electrons. The fourth-order valence-corrected chi connectivity index (χ4v) is 3.90. The molecule has 8 heteroatoms. The number of thiazole rings is 1. The summed E-state index contributed by atoms with van der Waals surface area (Å²) in [5.74, 6) is -0.434. The van der Waals surface area contributed by atoms with Crippen molar-refractivity contribution < 1.29 is 12.3 Å². The van der Waals surface area contributed by atoms with E-state index in [1.807, 2.05) is 16.7 Å². The third-order valence-corrected chi connectivity index (χ3v) is 6.10. The first-order valence-electron chi connectivity index (χ1n) is 6.00. The molecule has 0 bridgehead atoms. The Labute approximate surface area is 121 Å². The number of nitrogens with zero attached hydrogens (tertiary/aromatic N) is 2. The van der Waals surface area contributed by atoms with E-state index in [0.29, 0.717) is 6.54 Å². The Bertz CT molecular complexity index is 500.